The average Bonchev–Trinajstić information content (AvgIpc) is 3.25. The summed E-state index contributed by atoms with van der Waals surface area (Å²) in [5, 5.41) is 2.88. The molecule has 34 heavy (non-hydrogen) atoms. The van der Waals surface area contributed by atoms with Crippen LogP contribution in [0.1, 0.15) is 29.4 Å². The predicted octanol–water partition coefficient (Wildman–Crippen LogP) is 3.80. The zero-order valence-corrected chi connectivity index (χ0v) is 19.8. The molecule has 0 aliphatic carbocycles. The Bertz CT molecular complexity index is 1280. The number of piperazine rings is 1. The molecular weight excluding hydrogens is 433 g/mol. The minimum absolute atomic E-state index is 0.306. The molecule has 0 saturated carbocycles. The van der Waals surface area contributed by atoms with Crippen molar-refractivity contribution >= 4 is 34.3 Å². The molecule has 0 amide bonds. The molecule has 4 aromatic rings. The summed E-state index contributed by atoms with van der Waals surface area (Å²) in [5.41, 5.74) is 5.13. The van der Waals surface area contributed by atoms with Crippen LogP contribution in [0.5, 0.6) is 0 Å². The van der Waals surface area contributed by atoms with Crippen molar-refractivity contribution in [1.82, 2.24) is 24.3 Å². The molecule has 8 nitrogen and oxygen atoms in total. The van der Waals surface area contributed by atoms with Crippen LogP contribution in [-0.4, -0.2) is 70.3 Å². The minimum atomic E-state index is -0.306. The van der Waals surface area contributed by atoms with E-state index < -0.39 is 0 Å². The van der Waals surface area contributed by atoms with Crippen LogP contribution in [-0.2, 0) is 0 Å². The van der Waals surface area contributed by atoms with E-state index in [-0.39, 0.29) is 5.82 Å². The van der Waals surface area contributed by atoms with E-state index in [1.807, 2.05) is 19.1 Å². The normalized spacial score (nSPS) is 14.2. The van der Waals surface area contributed by atoms with E-state index in [0.29, 0.717) is 16.7 Å². The maximum Gasteiger partial charge on any atom is 0.173 e. The van der Waals surface area contributed by atoms with Crippen LogP contribution in [0.25, 0.3) is 16.7 Å². The third kappa shape index (κ3) is 4.99. The number of rotatable bonds is 5. The molecule has 1 aliphatic rings. The van der Waals surface area contributed by atoms with Gasteiger partial charge in [0.05, 0.1) is 17.1 Å². The first-order valence-electron chi connectivity index (χ1n) is 11.5. The number of carbonyl (C=O) groups is 1. The summed E-state index contributed by atoms with van der Waals surface area (Å²) >= 11 is 0. The molecular formula is C25H30FN7O. The summed E-state index contributed by atoms with van der Waals surface area (Å²) in [6.45, 7) is 9.35. The lowest BCUT2D eigenvalue weighted by atomic mass is 10.1. The Morgan fingerprint density at radius 1 is 1.09 bits per heavy atom. The SMILES string of the molecule is CCCN1CCN(c2ccc(C=O)c3nccnc23)CC1.CNc1cc(F)c2nc(C)cn2c1. The number of aromatic nitrogens is 4. The smallest absolute Gasteiger partial charge is 0.173 e. The molecule has 178 valence electrons. The van der Waals surface area contributed by atoms with Gasteiger partial charge >= 0.3 is 0 Å². The largest absolute Gasteiger partial charge is 0.387 e. The van der Waals surface area contributed by atoms with Crippen LogP contribution in [0, 0.1) is 12.7 Å². The number of anilines is 2. The van der Waals surface area contributed by atoms with Crippen LogP contribution in [0.4, 0.5) is 15.8 Å². The van der Waals surface area contributed by atoms with Gasteiger partial charge in [0, 0.05) is 69.6 Å². The number of pyridine rings is 1. The molecule has 1 fully saturated rings. The van der Waals surface area contributed by atoms with Crippen LogP contribution in [0.3, 0.4) is 0 Å². The number of imidazole rings is 1. The fourth-order valence-corrected chi connectivity index (χ4v) is 4.26. The lowest BCUT2D eigenvalue weighted by molar-refractivity contribution is 0.112. The lowest BCUT2D eigenvalue weighted by Gasteiger charge is -2.36. The molecule has 0 spiro atoms. The highest BCUT2D eigenvalue weighted by Crippen LogP contribution is 2.26. The fourth-order valence-electron chi connectivity index (χ4n) is 4.26. The zero-order chi connectivity index (χ0) is 24.1. The number of nitrogens with zero attached hydrogens (tertiary/aromatic N) is 6. The summed E-state index contributed by atoms with van der Waals surface area (Å²) in [5.74, 6) is -0.306. The second kappa shape index (κ2) is 10.6. The summed E-state index contributed by atoms with van der Waals surface area (Å²) in [7, 11) is 1.75. The maximum atomic E-state index is 13.3. The monoisotopic (exact) mass is 463 g/mol. The fraction of sp³-hybridized carbons (Fsp3) is 0.360. The molecule has 4 heterocycles. The van der Waals surface area contributed by atoms with Crippen molar-refractivity contribution in [2.24, 2.45) is 0 Å². The Kier molecular flexibility index (Phi) is 7.32. The second-order valence-corrected chi connectivity index (χ2v) is 8.31. The van der Waals surface area contributed by atoms with Gasteiger partial charge in [-0.25, -0.2) is 9.37 Å². The third-order valence-corrected chi connectivity index (χ3v) is 5.93. The molecule has 1 aliphatic heterocycles. The number of hydrogen-bond acceptors (Lipinski definition) is 7. The van der Waals surface area contributed by atoms with Crippen LogP contribution < -0.4 is 10.2 Å². The van der Waals surface area contributed by atoms with Gasteiger partial charge in [-0.15, -0.1) is 0 Å². The van der Waals surface area contributed by atoms with Gasteiger partial charge in [0.15, 0.2) is 17.8 Å². The number of halogens is 1. The van der Waals surface area contributed by atoms with Crippen molar-refractivity contribution < 1.29 is 9.18 Å². The molecule has 0 radical (unpaired) electrons. The molecule has 3 aromatic heterocycles. The van der Waals surface area contributed by atoms with Gasteiger partial charge in [-0.1, -0.05) is 6.92 Å². The lowest BCUT2D eigenvalue weighted by Crippen LogP contribution is -2.46. The van der Waals surface area contributed by atoms with Crippen molar-refractivity contribution in [3.05, 3.63) is 60.1 Å². The number of aryl methyl sites for hydroxylation is 1. The number of nitrogens with one attached hydrogen (secondary N) is 1. The number of carbonyl (C=O) groups excluding carboxylic acids is 1. The molecule has 0 unspecified atom stereocenters. The maximum absolute atomic E-state index is 13.3. The molecule has 1 saturated heterocycles. The van der Waals surface area contributed by atoms with E-state index in [9.17, 15) is 9.18 Å². The minimum Gasteiger partial charge on any atom is -0.387 e. The van der Waals surface area contributed by atoms with Crippen LogP contribution in [0.15, 0.2) is 43.0 Å². The Labute approximate surface area is 198 Å². The number of aldehydes is 1. The van der Waals surface area contributed by atoms with E-state index >= 15 is 0 Å². The summed E-state index contributed by atoms with van der Waals surface area (Å²) in [4.78, 5) is 28.8. The Hall–Kier alpha value is -3.59. The van der Waals surface area contributed by atoms with Crippen molar-refractivity contribution in [1.29, 1.82) is 0 Å². The first-order valence-corrected chi connectivity index (χ1v) is 11.5. The Morgan fingerprint density at radius 2 is 1.82 bits per heavy atom. The quantitative estimate of drug-likeness (QED) is 0.451. The molecule has 1 N–H and O–H groups in total. The van der Waals surface area contributed by atoms with Gasteiger partial charge in [-0.2, -0.15) is 0 Å². The topological polar surface area (TPSA) is 78.7 Å². The summed E-state index contributed by atoms with van der Waals surface area (Å²) in [6, 6.07) is 5.27. The standard InChI is InChI=1S/C16H20N4O.C9H10FN3/c1-2-7-19-8-10-20(11-9-19)14-4-3-13(12-21)15-16(14)18-6-5-17-15;1-6-4-13-5-7(11-2)3-8(10)9(13)12-6/h3-6,12H,2,7-11H2,1H3;3-5,11H,1-2H3. The van der Waals surface area contributed by atoms with Gasteiger partial charge in [0.1, 0.15) is 11.0 Å². The van der Waals surface area contributed by atoms with Gasteiger partial charge in [0.2, 0.25) is 0 Å². The molecule has 0 atom stereocenters. The van der Waals surface area contributed by atoms with E-state index in [4.69, 9.17) is 0 Å². The van der Waals surface area contributed by atoms with Crippen molar-refractivity contribution in [3.63, 3.8) is 0 Å². The predicted molar refractivity (Wildman–Crippen MR) is 133 cm³/mol. The van der Waals surface area contributed by atoms with Gasteiger partial charge in [0.25, 0.3) is 0 Å². The number of hydrogen-bond donors (Lipinski definition) is 1. The van der Waals surface area contributed by atoms with E-state index in [1.54, 1.807) is 36.2 Å². The van der Waals surface area contributed by atoms with Gasteiger partial charge in [-0.3, -0.25) is 19.7 Å². The third-order valence-electron chi connectivity index (χ3n) is 5.93. The van der Waals surface area contributed by atoms with Crippen molar-refractivity contribution in [2.45, 2.75) is 20.3 Å². The van der Waals surface area contributed by atoms with E-state index in [2.05, 4.69) is 37.0 Å². The van der Waals surface area contributed by atoms with E-state index in [0.717, 1.165) is 55.1 Å². The molecule has 9 heteroatoms. The Balaban J connectivity index is 0.000000180. The summed E-state index contributed by atoms with van der Waals surface area (Å²) in [6.07, 6.45) is 8.96. The van der Waals surface area contributed by atoms with Crippen molar-refractivity contribution in [3.8, 4) is 0 Å². The highest BCUT2D eigenvalue weighted by atomic mass is 19.1. The first-order chi connectivity index (χ1) is 16.5. The highest BCUT2D eigenvalue weighted by Gasteiger charge is 2.19. The molecule has 0 bridgehead atoms. The summed E-state index contributed by atoms with van der Waals surface area (Å²) < 4.78 is 15.0. The second-order valence-electron chi connectivity index (χ2n) is 8.31. The van der Waals surface area contributed by atoms with Crippen LogP contribution >= 0.6 is 0 Å². The van der Waals surface area contributed by atoms with E-state index in [1.165, 1.54) is 19.0 Å². The molecule has 5 rings (SSSR count). The zero-order valence-electron chi connectivity index (χ0n) is 19.8. The highest BCUT2D eigenvalue weighted by molar-refractivity contribution is 5.99. The average molecular weight is 464 g/mol. The van der Waals surface area contributed by atoms with Crippen LogP contribution in [0.2, 0.25) is 0 Å². The number of benzene rings is 1. The van der Waals surface area contributed by atoms with Gasteiger partial charge in [-0.05, 0) is 32.0 Å². The Morgan fingerprint density at radius 3 is 2.50 bits per heavy atom. The molecule has 1 aromatic carbocycles. The van der Waals surface area contributed by atoms with Crippen molar-refractivity contribution in [2.75, 3.05) is 50.0 Å². The van der Waals surface area contributed by atoms with Gasteiger partial charge < -0.3 is 14.6 Å². The number of fused-ring (bicyclic) bond motifs is 2. The first kappa shape index (κ1) is 23.6.